The van der Waals surface area contributed by atoms with E-state index in [0.29, 0.717) is 37.8 Å². The van der Waals surface area contributed by atoms with Gasteiger partial charge in [0.2, 0.25) is 11.8 Å². The number of aryl methyl sites for hydroxylation is 2. The first-order chi connectivity index (χ1) is 9.17. The molecule has 1 heterocycles. The van der Waals surface area contributed by atoms with Crippen LogP contribution >= 0.6 is 0 Å². The lowest BCUT2D eigenvalue weighted by Gasteiger charge is -2.06. The standard InChI is InChI=1S/C14H19N3O2/c1-10-7-11(2)9-12(8-10)18-6-4-14-17-16-13(19-14)3-5-15/h7-9H,3-6,15H2,1-2H3. The van der Waals surface area contributed by atoms with Gasteiger partial charge in [-0.15, -0.1) is 10.2 Å². The Balaban J connectivity index is 1.85. The molecule has 2 N–H and O–H groups in total. The third kappa shape index (κ3) is 4.06. The van der Waals surface area contributed by atoms with Crippen LogP contribution in [0, 0.1) is 13.8 Å². The van der Waals surface area contributed by atoms with Crippen LogP contribution in [0.5, 0.6) is 5.75 Å². The van der Waals surface area contributed by atoms with Crippen LogP contribution in [0.4, 0.5) is 0 Å². The number of rotatable bonds is 6. The predicted octanol–water partition coefficient (Wildman–Crippen LogP) is 1.81. The van der Waals surface area contributed by atoms with Gasteiger partial charge in [0.1, 0.15) is 5.75 Å². The number of nitrogens with two attached hydrogens (primary N) is 1. The maximum Gasteiger partial charge on any atom is 0.219 e. The second-order valence-electron chi connectivity index (χ2n) is 4.55. The molecule has 5 nitrogen and oxygen atoms in total. The Bertz CT molecular complexity index is 517. The maximum absolute atomic E-state index is 5.69. The van der Waals surface area contributed by atoms with Gasteiger partial charge in [0.25, 0.3) is 0 Å². The molecule has 0 bridgehead atoms. The highest BCUT2D eigenvalue weighted by Gasteiger charge is 2.05. The summed E-state index contributed by atoms with van der Waals surface area (Å²) in [7, 11) is 0. The first kappa shape index (κ1) is 13.5. The molecule has 0 spiro atoms. The molecule has 0 fully saturated rings. The Kier molecular flexibility index (Phi) is 4.52. The monoisotopic (exact) mass is 261 g/mol. The van der Waals surface area contributed by atoms with Crippen molar-refractivity contribution < 1.29 is 9.15 Å². The molecule has 2 aromatic rings. The average molecular weight is 261 g/mol. The minimum atomic E-state index is 0.515. The predicted molar refractivity (Wildman–Crippen MR) is 72.2 cm³/mol. The average Bonchev–Trinajstić information content (AvgIpc) is 2.76. The van der Waals surface area contributed by atoms with Crippen molar-refractivity contribution in [2.24, 2.45) is 5.73 Å². The third-order valence-electron chi connectivity index (χ3n) is 2.65. The zero-order valence-electron chi connectivity index (χ0n) is 11.3. The third-order valence-corrected chi connectivity index (χ3v) is 2.65. The van der Waals surface area contributed by atoms with Crippen molar-refractivity contribution in [1.82, 2.24) is 10.2 Å². The van der Waals surface area contributed by atoms with Crippen LogP contribution in [-0.4, -0.2) is 23.3 Å². The van der Waals surface area contributed by atoms with E-state index in [0.717, 1.165) is 5.75 Å². The number of hydrogen-bond donors (Lipinski definition) is 1. The van der Waals surface area contributed by atoms with E-state index in [-0.39, 0.29) is 0 Å². The SMILES string of the molecule is Cc1cc(C)cc(OCCc2nnc(CCN)o2)c1. The van der Waals surface area contributed by atoms with E-state index < -0.39 is 0 Å². The Morgan fingerprint density at radius 2 is 1.68 bits per heavy atom. The summed E-state index contributed by atoms with van der Waals surface area (Å²) in [5, 5.41) is 7.86. The van der Waals surface area contributed by atoms with E-state index in [1.165, 1.54) is 11.1 Å². The zero-order chi connectivity index (χ0) is 13.7. The summed E-state index contributed by atoms with van der Waals surface area (Å²) in [6, 6.07) is 6.14. The molecule has 2 rings (SSSR count). The lowest BCUT2D eigenvalue weighted by molar-refractivity contribution is 0.303. The molecule has 0 aliphatic rings. The summed E-state index contributed by atoms with van der Waals surface area (Å²) < 4.78 is 11.1. The van der Waals surface area contributed by atoms with Gasteiger partial charge in [-0.05, 0) is 37.1 Å². The second kappa shape index (κ2) is 6.33. The van der Waals surface area contributed by atoms with E-state index in [1.807, 2.05) is 12.1 Å². The second-order valence-corrected chi connectivity index (χ2v) is 4.55. The molecule has 1 aromatic carbocycles. The van der Waals surface area contributed by atoms with Gasteiger partial charge < -0.3 is 14.9 Å². The minimum Gasteiger partial charge on any atom is -0.493 e. The molecular formula is C14H19N3O2. The number of aromatic nitrogens is 2. The summed E-state index contributed by atoms with van der Waals surface area (Å²) in [5.74, 6) is 2.05. The van der Waals surface area contributed by atoms with Gasteiger partial charge in [-0.25, -0.2) is 0 Å². The van der Waals surface area contributed by atoms with Crippen molar-refractivity contribution >= 4 is 0 Å². The van der Waals surface area contributed by atoms with Crippen molar-refractivity contribution in [2.45, 2.75) is 26.7 Å². The highest BCUT2D eigenvalue weighted by molar-refractivity contribution is 5.32. The fourth-order valence-electron chi connectivity index (χ4n) is 1.89. The quantitative estimate of drug-likeness (QED) is 0.858. The lowest BCUT2D eigenvalue weighted by Crippen LogP contribution is -2.02. The summed E-state index contributed by atoms with van der Waals surface area (Å²) >= 11 is 0. The first-order valence-electron chi connectivity index (χ1n) is 6.40. The number of ether oxygens (including phenoxy) is 1. The summed E-state index contributed by atoms with van der Waals surface area (Å²) in [6.07, 6.45) is 1.22. The van der Waals surface area contributed by atoms with E-state index >= 15 is 0 Å². The van der Waals surface area contributed by atoms with Crippen molar-refractivity contribution in [3.8, 4) is 5.75 Å². The van der Waals surface area contributed by atoms with Crippen LogP contribution in [0.3, 0.4) is 0 Å². The van der Waals surface area contributed by atoms with Crippen LogP contribution in [0.15, 0.2) is 22.6 Å². The van der Waals surface area contributed by atoms with E-state index in [9.17, 15) is 0 Å². The van der Waals surface area contributed by atoms with Gasteiger partial charge in [0.15, 0.2) is 0 Å². The molecule has 0 radical (unpaired) electrons. The molecule has 0 amide bonds. The molecule has 102 valence electrons. The minimum absolute atomic E-state index is 0.515. The Hall–Kier alpha value is -1.88. The van der Waals surface area contributed by atoms with Crippen molar-refractivity contribution in [3.63, 3.8) is 0 Å². The van der Waals surface area contributed by atoms with Crippen LogP contribution in [-0.2, 0) is 12.8 Å². The molecule has 0 saturated heterocycles. The molecule has 0 atom stereocenters. The zero-order valence-corrected chi connectivity index (χ0v) is 11.3. The number of hydrogen-bond acceptors (Lipinski definition) is 5. The van der Waals surface area contributed by atoms with Gasteiger partial charge in [0.05, 0.1) is 13.0 Å². The fraction of sp³-hybridized carbons (Fsp3) is 0.429. The topological polar surface area (TPSA) is 74.2 Å². The molecule has 0 saturated carbocycles. The Labute approximate surface area is 112 Å². The van der Waals surface area contributed by atoms with Crippen molar-refractivity contribution in [3.05, 3.63) is 41.1 Å². The maximum atomic E-state index is 5.69. The van der Waals surface area contributed by atoms with Crippen LogP contribution < -0.4 is 10.5 Å². The van der Waals surface area contributed by atoms with Crippen LogP contribution in [0.25, 0.3) is 0 Å². The highest BCUT2D eigenvalue weighted by Crippen LogP contribution is 2.16. The van der Waals surface area contributed by atoms with Gasteiger partial charge in [-0.3, -0.25) is 0 Å². The molecule has 19 heavy (non-hydrogen) atoms. The van der Waals surface area contributed by atoms with Crippen LogP contribution in [0.2, 0.25) is 0 Å². The summed E-state index contributed by atoms with van der Waals surface area (Å²) in [4.78, 5) is 0. The van der Waals surface area contributed by atoms with Crippen LogP contribution in [0.1, 0.15) is 22.9 Å². The fourth-order valence-corrected chi connectivity index (χ4v) is 1.89. The summed E-state index contributed by atoms with van der Waals surface area (Å²) in [5.41, 5.74) is 7.81. The highest BCUT2D eigenvalue weighted by atomic mass is 16.5. The van der Waals surface area contributed by atoms with E-state index in [1.54, 1.807) is 0 Å². The smallest absolute Gasteiger partial charge is 0.219 e. The molecular weight excluding hydrogens is 242 g/mol. The van der Waals surface area contributed by atoms with Gasteiger partial charge in [-0.2, -0.15) is 0 Å². The van der Waals surface area contributed by atoms with E-state index in [4.69, 9.17) is 14.9 Å². The number of nitrogens with zero attached hydrogens (tertiary/aromatic N) is 2. The molecule has 0 aliphatic carbocycles. The van der Waals surface area contributed by atoms with Gasteiger partial charge in [0, 0.05) is 13.0 Å². The van der Waals surface area contributed by atoms with Gasteiger partial charge >= 0.3 is 0 Å². The Morgan fingerprint density at radius 1 is 1.05 bits per heavy atom. The van der Waals surface area contributed by atoms with Crippen molar-refractivity contribution in [1.29, 1.82) is 0 Å². The normalized spacial score (nSPS) is 10.7. The summed E-state index contributed by atoms with van der Waals surface area (Å²) in [6.45, 7) is 5.14. The molecule has 5 heteroatoms. The first-order valence-corrected chi connectivity index (χ1v) is 6.40. The largest absolute Gasteiger partial charge is 0.493 e. The molecule has 0 aliphatic heterocycles. The van der Waals surface area contributed by atoms with Gasteiger partial charge in [-0.1, -0.05) is 6.07 Å². The number of benzene rings is 1. The van der Waals surface area contributed by atoms with Crippen molar-refractivity contribution in [2.75, 3.05) is 13.2 Å². The van der Waals surface area contributed by atoms with E-state index in [2.05, 4.69) is 30.1 Å². The lowest BCUT2D eigenvalue weighted by atomic mass is 10.1. The Morgan fingerprint density at radius 3 is 2.32 bits per heavy atom. The molecule has 0 unspecified atom stereocenters. The molecule has 1 aromatic heterocycles.